The molecule has 0 aromatic carbocycles. The first kappa shape index (κ1) is 22.3. The van der Waals surface area contributed by atoms with Gasteiger partial charge in [0.05, 0.1) is 24.4 Å². The van der Waals surface area contributed by atoms with Crippen LogP contribution < -0.4 is 10.5 Å². The van der Waals surface area contributed by atoms with Gasteiger partial charge in [0.2, 0.25) is 5.88 Å². The SMILES string of the molecule is COc1ccnc(C(C2CC2)N2CC[C@@]3(CCn4nc(-c5cnc(N)c(C(F)(F)F)c5)cc43)C2)n1. The van der Waals surface area contributed by atoms with Crippen molar-refractivity contribution >= 4 is 5.82 Å². The van der Waals surface area contributed by atoms with Crippen LogP contribution in [0.2, 0.25) is 0 Å². The molecule has 3 aromatic rings. The second-order valence-electron chi connectivity index (χ2n) is 9.78. The Labute approximate surface area is 200 Å². The van der Waals surface area contributed by atoms with Crippen molar-refractivity contribution in [2.45, 2.75) is 49.9 Å². The fraction of sp³-hybridized carbons (Fsp3) is 0.500. The average Bonchev–Trinajstić information content (AvgIpc) is 3.28. The van der Waals surface area contributed by atoms with Crippen LogP contribution in [0.5, 0.6) is 5.88 Å². The van der Waals surface area contributed by atoms with E-state index in [0.29, 0.717) is 23.1 Å². The van der Waals surface area contributed by atoms with E-state index in [4.69, 9.17) is 10.5 Å². The van der Waals surface area contributed by atoms with E-state index in [2.05, 4.69) is 25.0 Å². The summed E-state index contributed by atoms with van der Waals surface area (Å²) in [6.45, 7) is 2.49. The summed E-state index contributed by atoms with van der Waals surface area (Å²) in [5.74, 6) is 1.36. The van der Waals surface area contributed by atoms with E-state index in [0.717, 1.165) is 62.9 Å². The first-order chi connectivity index (χ1) is 16.8. The highest BCUT2D eigenvalue weighted by atomic mass is 19.4. The van der Waals surface area contributed by atoms with Gasteiger partial charge >= 0.3 is 6.18 Å². The summed E-state index contributed by atoms with van der Waals surface area (Å²) in [5, 5.41) is 4.64. The Morgan fingerprint density at radius 3 is 2.71 bits per heavy atom. The monoisotopic (exact) mass is 485 g/mol. The van der Waals surface area contributed by atoms with Crippen LogP contribution >= 0.6 is 0 Å². The standard InChI is InChI=1S/C24H26F3N7O/c1-35-19-4-7-29-22(31-19)20(14-2-3-14)33-8-5-23(13-33)6-9-34-18(23)11-17(32-34)15-10-16(24(25,26)27)21(28)30-12-15/h4,7,10-12,14,20H,2-3,5-6,8-9,13H2,1H3,(H2,28,30)/t20?,23-/m1/s1. The molecule has 2 aliphatic heterocycles. The maximum atomic E-state index is 13.4. The number of pyridine rings is 1. The lowest BCUT2D eigenvalue weighted by atomic mass is 9.82. The smallest absolute Gasteiger partial charge is 0.419 e. The van der Waals surface area contributed by atoms with Crippen LogP contribution in [0.25, 0.3) is 11.3 Å². The van der Waals surface area contributed by atoms with Gasteiger partial charge in [-0.2, -0.15) is 23.3 Å². The summed E-state index contributed by atoms with van der Waals surface area (Å²) >= 11 is 0. The van der Waals surface area contributed by atoms with Crippen molar-refractivity contribution in [1.82, 2.24) is 29.6 Å². The maximum Gasteiger partial charge on any atom is 0.419 e. The highest BCUT2D eigenvalue weighted by Gasteiger charge is 2.50. The summed E-state index contributed by atoms with van der Waals surface area (Å²) < 4.78 is 47.3. The molecule has 3 aromatic heterocycles. The lowest BCUT2D eigenvalue weighted by Crippen LogP contribution is -2.33. The third-order valence-electron chi connectivity index (χ3n) is 7.61. The lowest BCUT2D eigenvalue weighted by Gasteiger charge is -2.29. The topological polar surface area (TPSA) is 95.0 Å². The molecule has 1 aliphatic carbocycles. The van der Waals surface area contributed by atoms with Crippen LogP contribution in [0.15, 0.2) is 30.6 Å². The van der Waals surface area contributed by atoms with Crippen molar-refractivity contribution in [3.05, 3.63) is 47.7 Å². The molecule has 5 heterocycles. The van der Waals surface area contributed by atoms with E-state index in [1.165, 1.54) is 6.20 Å². The number of aromatic nitrogens is 5. The number of hydrogen-bond donors (Lipinski definition) is 1. The van der Waals surface area contributed by atoms with Gasteiger partial charge in [-0.1, -0.05) is 0 Å². The van der Waals surface area contributed by atoms with Crippen molar-refractivity contribution in [3.63, 3.8) is 0 Å². The molecule has 8 nitrogen and oxygen atoms in total. The molecular weight excluding hydrogens is 459 g/mol. The fourth-order valence-electron chi connectivity index (χ4n) is 5.70. The number of hydrogen-bond acceptors (Lipinski definition) is 7. The highest BCUT2D eigenvalue weighted by molar-refractivity contribution is 5.63. The number of nitrogens with two attached hydrogens (primary N) is 1. The Balaban J connectivity index is 1.29. The minimum absolute atomic E-state index is 0.0919. The molecule has 2 N–H and O–H groups in total. The molecule has 11 heteroatoms. The minimum Gasteiger partial charge on any atom is -0.481 e. The fourth-order valence-corrected chi connectivity index (χ4v) is 5.70. The molecule has 1 saturated carbocycles. The molecule has 184 valence electrons. The molecule has 0 bridgehead atoms. The number of anilines is 1. The Morgan fingerprint density at radius 2 is 1.97 bits per heavy atom. The van der Waals surface area contributed by atoms with Gasteiger partial charge in [-0.25, -0.2) is 9.97 Å². The van der Waals surface area contributed by atoms with E-state index in [1.807, 2.05) is 10.7 Å². The van der Waals surface area contributed by atoms with Gasteiger partial charge in [0.15, 0.2) is 0 Å². The zero-order valence-corrected chi connectivity index (χ0v) is 19.3. The number of methoxy groups -OCH3 is 1. The van der Waals surface area contributed by atoms with Gasteiger partial charge in [-0.15, -0.1) is 0 Å². The van der Waals surface area contributed by atoms with Crippen molar-refractivity contribution in [3.8, 4) is 17.1 Å². The van der Waals surface area contributed by atoms with Gasteiger partial charge in [0, 0.05) is 48.2 Å². The number of nitrogens with zero attached hydrogens (tertiary/aromatic N) is 6. The third-order valence-corrected chi connectivity index (χ3v) is 7.61. The molecule has 3 aliphatic rings. The molecule has 2 atom stereocenters. The summed E-state index contributed by atoms with van der Waals surface area (Å²) in [5.41, 5.74) is 6.33. The van der Waals surface area contributed by atoms with E-state index >= 15 is 0 Å². The number of rotatable bonds is 5. The molecule has 2 fully saturated rings. The van der Waals surface area contributed by atoms with Crippen LogP contribution in [0, 0.1) is 5.92 Å². The van der Waals surface area contributed by atoms with Gasteiger partial charge in [0.25, 0.3) is 0 Å². The highest BCUT2D eigenvalue weighted by Crippen LogP contribution is 2.50. The van der Waals surface area contributed by atoms with Gasteiger partial charge in [0.1, 0.15) is 11.6 Å². The van der Waals surface area contributed by atoms with Crippen molar-refractivity contribution < 1.29 is 17.9 Å². The number of fused-ring (bicyclic) bond motifs is 2. The molecule has 6 rings (SSSR count). The molecule has 1 spiro atoms. The molecule has 0 radical (unpaired) electrons. The van der Waals surface area contributed by atoms with Crippen LogP contribution in [0.1, 0.15) is 48.8 Å². The van der Waals surface area contributed by atoms with Crippen molar-refractivity contribution in [2.75, 3.05) is 25.9 Å². The number of ether oxygens (including phenoxy) is 1. The normalized spacial score (nSPS) is 23.1. The van der Waals surface area contributed by atoms with Crippen molar-refractivity contribution in [2.24, 2.45) is 5.92 Å². The Morgan fingerprint density at radius 1 is 1.17 bits per heavy atom. The third kappa shape index (κ3) is 3.81. The first-order valence-electron chi connectivity index (χ1n) is 11.8. The Hall–Kier alpha value is -3.21. The van der Waals surface area contributed by atoms with Crippen molar-refractivity contribution in [1.29, 1.82) is 0 Å². The minimum atomic E-state index is -4.57. The zero-order chi connectivity index (χ0) is 24.4. The van der Waals surface area contributed by atoms with Gasteiger partial charge in [-0.05, 0) is 50.3 Å². The predicted molar refractivity (Wildman–Crippen MR) is 121 cm³/mol. The molecular formula is C24H26F3N7O. The summed E-state index contributed by atoms with van der Waals surface area (Å²) in [6, 6.07) is 4.86. The summed E-state index contributed by atoms with van der Waals surface area (Å²) in [4.78, 5) is 15.5. The number of alkyl halides is 3. The average molecular weight is 486 g/mol. The largest absolute Gasteiger partial charge is 0.481 e. The summed E-state index contributed by atoms with van der Waals surface area (Å²) in [7, 11) is 1.61. The van der Waals surface area contributed by atoms with Crippen LogP contribution in [0.4, 0.5) is 19.0 Å². The van der Waals surface area contributed by atoms with Gasteiger partial charge in [-0.3, -0.25) is 9.58 Å². The number of nitrogen functional groups attached to an aromatic ring is 1. The number of likely N-dealkylation sites (tertiary alicyclic amines) is 1. The van der Waals surface area contributed by atoms with Crippen LogP contribution in [-0.2, 0) is 18.1 Å². The number of aryl methyl sites for hydroxylation is 1. The Bertz CT molecular complexity index is 1270. The molecule has 35 heavy (non-hydrogen) atoms. The molecule has 0 amide bonds. The number of halogens is 3. The second-order valence-corrected chi connectivity index (χ2v) is 9.78. The zero-order valence-electron chi connectivity index (χ0n) is 19.3. The lowest BCUT2D eigenvalue weighted by molar-refractivity contribution is -0.137. The Kier molecular flexibility index (Phi) is 5.03. The van der Waals surface area contributed by atoms with Gasteiger partial charge < -0.3 is 10.5 Å². The van der Waals surface area contributed by atoms with E-state index in [-0.39, 0.29) is 11.5 Å². The maximum absolute atomic E-state index is 13.4. The molecule has 1 unspecified atom stereocenters. The molecule has 1 saturated heterocycles. The predicted octanol–water partition coefficient (Wildman–Crippen LogP) is 3.84. The quantitative estimate of drug-likeness (QED) is 0.587. The summed E-state index contributed by atoms with van der Waals surface area (Å²) in [6.07, 6.45) is 2.76. The van der Waals surface area contributed by atoms with Crippen LogP contribution in [-0.4, -0.2) is 49.8 Å². The van der Waals surface area contributed by atoms with Crippen LogP contribution in [0.3, 0.4) is 0 Å². The van der Waals surface area contributed by atoms with E-state index < -0.39 is 17.6 Å². The second kappa shape index (κ2) is 7.91. The van der Waals surface area contributed by atoms with E-state index in [9.17, 15) is 13.2 Å². The first-order valence-corrected chi connectivity index (χ1v) is 11.8. The van der Waals surface area contributed by atoms with E-state index in [1.54, 1.807) is 19.4 Å².